The topological polar surface area (TPSA) is 84.5 Å². The monoisotopic (exact) mass is 392 g/mol. The summed E-state index contributed by atoms with van der Waals surface area (Å²) in [6.45, 7) is -0.503. The number of hydrogen-bond donors (Lipinski definition) is 2. The lowest BCUT2D eigenvalue weighted by Crippen LogP contribution is -2.33. The minimum atomic E-state index is -3.86. The zero-order chi connectivity index (χ0) is 19.3. The van der Waals surface area contributed by atoms with Gasteiger partial charge < -0.3 is 10.1 Å². The Labute approximate surface area is 157 Å². The molecule has 2 aromatic carbocycles. The van der Waals surface area contributed by atoms with E-state index in [0.717, 1.165) is 25.7 Å². The molecule has 0 radical (unpaired) electrons. The third-order valence-corrected chi connectivity index (χ3v) is 5.73. The summed E-state index contributed by atoms with van der Waals surface area (Å²) in [6.07, 6.45) is 4.51. The minimum absolute atomic E-state index is 0.00453. The molecule has 1 fully saturated rings. The average molecular weight is 392 g/mol. The highest BCUT2D eigenvalue weighted by Crippen LogP contribution is 2.24. The number of carbonyl (C=O) groups is 1. The third-order valence-electron chi connectivity index (χ3n) is 4.31. The van der Waals surface area contributed by atoms with E-state index in [2.05, 4.69) is 10.0 Å². The second-order valence-electron chi connectivity index (χ2n) is 6.35. The quantitative estimate of drug-likeness (QED) is 0.758. The van der Waals surface area contributed by atoms with E-state index >= 15 is 0 Å². The van der Waals surface area contributed by atoms with Crippen LogP contribution in [0.1, 0.15) is 25.7 Å². The van der Waals surface area contributed by atoms with Crippen molar-refractivity contribution in [1.82, 2.24) is 4.72 Å². The van der Waals surface area contributed by atoms with Crippen molar-refractivity contribution in [3.63, 3.8) is 0 Å². The second kappa shape index (κ2) is 8.49. The van der Waals surface area contributed by atoms with Gasteiger partial charge in [0.05, 0.1) is 23.2 Å². The first-order valence-corrected chi connectivity index (χ1v) is 10.2. The largest absolute Gasteiger partial charge is 0.490 e. The van der Waals surface area contributed by atoms with Crippen molar-refractivity contribution < 1.29 is 22.3 Å². The van der Waals surface area contributed by atoms with Crippen LogP contribution in [0, 0.1) is 5.82 Å². The fraction of sp³-hybridized carbons (Fsp3) is 0.316. The normalized spacial score (nSPS) is 14.9. The fourth-order valence-electron chi connectivity index (χ4n) is 2.90. The maximum Gasteiger partial charge on any atom is 0.241 e. The van der Waals surface area contributed by atoms with Gasteiger partial charge in [0.15, 0.2) is 0 Å². The van der Waals surface area contributed by atoms with Crippen LogP contribution in [0.25, 0.3) is 0 Å². The van der Waals surface area contributed by atoms with Crippen LogP contribution in [0.3, 0.4) is 0 Å². The molecular weight excluding hydrogens is 371 g/mol. The summed E-state index contributed by atoms with van der Waals surface area (Å²) < 4.78 is 46.1. The zero-order valence-corrected chi connectivity index (χ0v) is 15.5. The fourth-order valence-corrected chi connectivity index (χ4v) is 3.88. The molecule has 144 valence electrons. The first kappa shape index (κ1) is 19.3. The van der Waals surface area contributed by atoms with Crippen LogP contribution in [0.5, 0.6) is 5.75 Å². The molecule has 1 saturated carbocycles. The number of ether oxygens (including phenoxy) is 1. The number of nitrogens with one attached hydrogen (secondary N) is 2. The van der Waals surface area contributed by atoms with Crippen molar-refractivity contribution in [3.8, 4) is 5.75 Å². The molecule has 1 aliphatic carbocycles. The van der Waals surface area contributed by atoms with E-state index in [4.69, 9.17) is 4.74 Å². The van der Waals surface area contributed by atoms with Gasteiger partial charge in [-0.25, -0.2) is 17.5 Å². The lowest BCUT2D eigenvalue weighted by Gasteiger charge is -2.13. The Bertz CT molecular complexity index is 894. The lowest BCUT2D eigenvalue weighted by atomic mass is 10.3. The second-order valence-corrected chi connectivity index (χ2v) is 8.12. The van der Waals surface area contributed by atoms with Crippen LogP contribution in [-0.4, -0.2) is 27.0 Å². The molecule has 0 aliphatic heterocycles. The third kappa shape index (κ3) is 5.27. The van der Waals surface area contributed by atoms with Gasteiger partial charge in [-0.05, 0) is 62.1 Å². The number of halogens is 1. The Morgan fingerprint density at radius 2 is 1.74 bits per heavy atom. The molecule has 1 aliphatic rings. The number of sulfonamides is 1. The van der Waals surface area contributed by atoms with Crippen molar-refractivity contribution in [2.75, 3.05) is 11.9 Å². The minimum Gasteiger partial charge on any atom is -0.490 e. The molecule has 3 rings (SSSR count). The van der Waals surface area contributed by atoms with Crippen molar-refractivity contribution >= 4 is 21.6 Å². The summed E-state index contributed by atoms with van der Waals surface area (Å²) in [5, 5.41) is 2.32. The standard InChI is InChI=1S/C19H21FN2O4S/c20-17-7-3-4-8-18(17)22-19(23)13-21-27(24,25)16-11-9-15(10-12-16)26-14-5-1-2-6-14/h3-4,7-12,14,21H,1-2,5-6,13H2,(H,22,23). The summed E-state index contributed by atoms with van der Waals surface area (Å²) in [4.78, 5) is 11.9. The van der Waals surface area contributed by atoms with Gasteiger partial charge in [0, 0.05) is 0 Å². The van der Waals surface area contributed by atoms with E-state index in [0.29, 0.717) is 5.75 Å². The number of carbonyl (C=O) groups excluding carboxylic acids is 1. The number of rotatable bonds is 7. The molecule has 2 aromatic rings. The number of benzene rings is 2. The van der Waals surface area contributed by atoms with E-state index in [-0.39, 0.29) is 16.7 Å². The SMILES string of the molecule is O=C(CNS(=O)(=O)c1ccc(OC2CCCC2)cc1)Nc1ccccc1F. The molecule has 0 saturated heterocycles. The Hall–Kier alpha value is -2.45. The Balaban J connectivity index is 1.56. The van der Waals surface area contributed by atoms with Crippen molar-refractivity contribution in [1.29, 1.82) is 0 Å². The van der Waals surface area contributed by atoms with Crippen LogP contribution >= 0.6 is 0 Å². The molecule has 0 heterocycles. The molecule has 0 unspecified atom stereocenters. The molecule has 8 heteroatoms. The summed E-state index contributed by atoms with van der Waals surface area (Å²) in [5.74, 6) is -0.630. The number of para-hydroxylation sites is 1. The van der Waals surface area contributed by atoms with Crippen molar-refractivity contribution in [3.05, 3.63) is 54.3 Å². The molecular formula is C19H21FN2O4S. The molecule has 0 aromatic heterocycles. The smallest absolute Gasteiger partial charge is 0.241 e. The predicted molar refractivity (Wildman–Crippen MR) is 99.5 cm³/mol. The molecule has 27 heavy (non-hydrogen) atoms. The van der Waals surface area contributed by atoms with Gasteiger partial charge in [-0.3, -0.25) is 4.79 Å². The molecule has 2 N–H and O–H groups in total. The number of anilines is 1. The van der Waals surface area contributed by atoms with Gasteiger partial charge in [-0.2, -0.15) is 0 Å². The van der Waals surface area contributed by atoms with E-state index < -0.39 is 28.3 Å². The van der Waals surface area contributed by atoms with Crippen LogP contribution in [0.15, 0.2) is 53.4 Å². The van der Waals surface area contributed by atoms with Crippen LogP contribution in [0.2, 0.25) is 0 Å². The van der Waals surface area contributed by atoms with E-state index in [1.807, 2.05) is 0 Å². The van der Waals surface area contributed by atoms with Gasteiger partial charge in [0.25, 0.3) is 0 Å². The Kier molecular flexibility index (Phi) is 6.08. The van der Waals surface area contributed by atoms with Crippen LogP contribution in [-0.2, 0) is 14.8 Å². The highest BCUT2D eigenvalue weighted by Gasteiger charge is 2.18. The van der Waals surface area contributed by atoms with E-state index in [1.54, 1.807) is 18.2 Å². The van der Waals surface area contributed by atoms with E-state index in [1.165, 1.54) is 30.3 Å². The number of amides is 1. The summed E-state index contributed by atoms with van der Waals surface area (Å²) in [6, 6.07) is 11.7. The summed E-state index contributed by atoms with van der Waals surface area (Å²) in [7, 11) is -3.86. The van der Waals surface area contributed by atoms with Gasteiger partial charge >= 0.3 is 0 Å². The summed E-state index contributed by atoms with van der Waals surface area (Å²) in [5.41, 5.74) is -0.00453. The van der Waals surface area contributed by atoms with Crippen LogP contribution < -0.4 is 14.8 Å². The van der Waals surface area contributed by atoms with Gasteiger partial charge in [0.1, 0.15) is 11.6 Å². The maximum atomic E-state index is 13.5. The Morgan fingerprint density at radius 3 is 2.41 bits per heavy atom. The average Bonchev–Trinajstić information content (AvgIpc) is 3.16. The molecule has 0 bridgehead atoms. The van der Waals surface area contributed by atoms with Crippen LogP contribution in [0.4, 0.5) is 10.1 Å². The van der Waals surface area contributed by atoms with Gasteiger partial charge in [0.2, 0.25) is 15.9 Å². The zero-order valence-electron chi connectivity index (χ0n) is 14.7. The van der Waals surface area contributed by atoms with E-state index in [9.17, 15) is 17.6 Å². The summed E-state index contributed by atoms with van der Waals surface area (Å²) >= 11 is 0. The molecule has 6 nitrogen and oxygen atoms in total. The maximum absolute atomic E-state index is 13.5. The van der Waals surface area contributed by atoms with Gasteiger partial charge in [-0.1, -0.05) is 12.1 Å². The first-order valence-electron chi connectivity index (χ1n) is 8.75. The molecule has 0 spiro atoms. The molecule has 0 atom stereocenters. The predicted octanol–water partition coefficient (Wildman–Crippen LogP) is 3.06. The Morgan fingerprint density at radius 1 is 1.07 bits per heavy atom. The molecule has 1 amide bonds. The number of hydrogen-bond acceptors (Lipinski definition) is 4. The lowest BCUT2D eigenvalue weighted by molar-refractivity contribution is -0.115. The first-order chi connectivity index (χ1) is 12.9. The highest BCUT2D eigenvalue weighted by molar-refractivity contribution is 7.89. The van der Waals surface area contributed by atoms with Crippen molar-refractivity contribution in [2.24, 2.45) is 0 Å². The highest BCUT2D eigenvalue weighted by atomic mass is 32.2. The van der Waals surface area contributed by atoms with Crippen molar-refractivity contribution in [2.45, 2.75) is 36.7 Å². The van der Waals surface area contributed by atoms with Gasteiger partial charge in [-0.15, -0.1) is 0 Å².